The Bertz CT molecular complexity index is 1670. The highest BCUT2D eigenvalue weighted by atomic mass is 15.0. The van der Waals surface area contributed by atoms with E-state index in [0.717, 1.165) is 38.5 Å². The van der Waals surface area contributed by atoms with Gasteiger partial charge in [-0.2, -0.15) is 0 Å². The van der Waals surface area contributed by atoms with Gasteiger partial charge in [0.15, 0.2) is 0 Å². The molecule has 0 fully saturated rings. The maximum atomic E-state index is 4.74. The molecule has 0 aliphatic rings. The summed E-state index contributed by atoms with van der Waals surface area (Å²) >= 11 is 0. The Morgan fingerprint density at radius 2 is 1.10 bits per heavy atom. The minimum absolute atomic E-state index is 0.937. The fourth-order valence-electron chi connectivity index (χ4n) is 4.77. The predicted octanol–water partition coefficient (Wildman–Crippen LogP) is 6.16. The molecular formula is C26H16N4. The Labute approximate surface area is 171 Å². The van der Waals surface area contributed by atoms with Gasteiger partial charge in [0, 0.05) is 16.2 Å². The number of benzene rings is 3. The Kier molecular flexibility index (Phi) is 2.97. The number of hydrogen-bond donors (Lipinski definition) is 0. The first-order valence-corrected chi connectivity index (χ1v) is 10.0. The van der Waals surface area contributed by atoms with E-state index in [1.54, 1.807) is 6.33 Å². The lowest BCUT2D eigenvalue weighted by Gasteiger charge is -2.08. The van der Waals surface area contributed by atoms with Crippen LogP contribution in [0.2, 0.25) is 0 Å². The molecule has 0 unspecified atom stereocenters. The molecule has 3 aromatic carbocycles. The van der Waals surface area contributed by atoms with Gasteiger partial charge in [-0.15, -0.1) is 0 Å². The summed E-state index contributed by atoms with van der Waals surface area (Å²) in [5.74, 6) is 0. The van der Waals surface area contributed by atoms with E-state index in [1.807, 2.05) is 6.20 Å². The molecule has 0 spiro atoms. The van der Waals surface area contributed by atoms with Crippen molar-refractivity contribution < 1.29 is 0 Å². The number of fused-ring (bicyclic) bond motifs is 12. The van der Waals surface area contributed by atoms with Gasteiger partial charge in [-0.25, -0.2) is 9.97 Å². The molecule has 0 aliphatic heterocycles. The summed E-state index contributed by atoms with van der Waals surface area (Å²) in [7, 11) is 0. The van der Waals surface area contributed by atoms with E-state index < -0.39 is 0 Å². The van der Waals surface area contributed by atoms with Gasteiger partial charge in [0.1, 0.15) is 6.33 Å². The van der Waals surface area contributed by atoms with Crippen molar-refractivity contribution in [3.05, 3.63) is 97.5 Å². The Balaban J connectivity index is 1.99. The number of rotatable bonds is 0. The third-order valence-corrected chi connectivity index (χ3v) is 6.02. The van der Waals surface area contributed by atoms with E-state index in [4.69, 9.17) is 4.98 Å². The molecule has 7 aromatic rings. The Morgan fingerprint density at radius 1 is 0.533 bits per heavy atom. The standard InChI is InChI=1S/C26H16N4/c1-4-10-20-17(7-1)13-23-24-14-18-8-2-5-11-21(18)30(24)25-15-27-16-28-26(25)19-9-3-6-12-22(19)29(20)23/h1-16H. The van der Waals surface area contributed by atoms with Crippen LogP contribution in [0.5, 0.6) is 0 Å². The molecule has 4 nitrogen and oxygen atoms in total. The topological polar surface area (TPSA) is 34.6 Å². The summed E-state index contributed by atoms with van der Waals surface area (Å²) in [6.45, 7) is 0. The van der Waals surface area contributed by atoms with Crippen LogP contribution < -0.4 is 0 Å². The number of hydrogen-bond acceptors (Lipinski definition) is 2. The first kappa shape index (κ1) is 15.7. The van der Waals surface area contributed by atoms with E-state index in [2.05, 4.69) is 98.7 Å². The lowest BCUT2D eigenvalue weighted by atomic mass is 10.2. The lowest BCUT2D eigenvalue weighted by Crippen LogP contribution is -1.94. The first-order chi connectivity index (χ1) is 14.9. The van der Waals surface area contributed by atoms with Crippen LogP contribution in [0.1, 0.15) is 0 Å². The smallest absolute Gasteiger partial charge is 0.116 e. The highest BCUT2D eigenvalue weighted by molar-refractivity contribution is 6.08. The van der Waals surface area contributed by atoms with E-state index in [1.165, 1.54) is 16.3 Å². The molecule has 0 atom stereocenters. The minimum atomic E-state index is 0.937. The molecule has 0 amide bonds. The van der Waals surface area contributed by atoms with Crippen LogP contribution in [0.15, 0.2) is 97.5 Å². The third-order valence-electron chi connectivity index (χ3n) is 6.02. The van der Waals surface area contributed by atoms with Crippen LogP contribution in [0.25, 0.3) is 54.8 Å². The van der Waals surface area contributed by atoms with Crippen molar-refractivity contribution in [1.29, 1.82) is 0 Å². The Morgan fingerprint density at radius 3 is 1.80 bits per heavy atom. The van der Waals surface area contributed by atoms with Gasteiger partial charge in [0.25, 0.3) is 0 Å². The molecule has 140 valence electrons. The van der Waals surface area contributed by atoms with Crippen molar-refractivity contribution in [2.75, 3.05) is 0 Å². The van der Waals surface area contributed by atoms with E-state index in [-0.39, 0.29) is 0 Å². The second-order valence-electron chi connectivity index (χ2n) is 7.62. The molecule has 7 rings (SSSR count). The second kappa shape index (κ2) is 5.67. The zero-order valence-electron chi connectivity index (χ0n) is 16.0. The molecule has 0 saturated heterocycles. The van der Waals surface area contributed by atoms with Crippen LogP contribution in [-0.4, -0.2) is 18.8 Å². The van der Waals surface area contributed by atoms with Crippen molar-refractivity contribution in [2.45, 2.75) is 0 Å². The highest BCUT2D eigenvalue weighted by Crippen LogP contribution is 2.33. The van der Waals surface area contributed by atoms with Crippen LogP contribution >= 0.6 is 0 Å². The van der Waals surface area contributed by atoms with E-state index >= 15 is 0 Å². The van der Waals surface area contributed by atoms with Crippen molar-refractivity contribution in [3.8, 4) is 0 Å². The van der Waals surface area contributed by atoms with Crippen molar-refractivity contribution in [2.24, 2.45) is 0 Å². The first-order valence-electron chi connectivity index (χ1n) is 10.0. The summed E-state index contributed by atoms with van der Waals surface area (Å²) in [5, 5.41) is 3.52. The molecule has 0 saturated carbocycles. The minimum Gasteiger partial charge on any atom is -0.307 e. The molecular weight excluding hydrogens is 368 g/mol. The molecule has 0 radical (unpaired) electrons. The van der Waals surface area contributed by atoms with Crippen LogP contribution in [0.3, 0.4) is 0 Å². The largest absolute Gasteiger partial charge is 0.307 e. The van der Waals surface area contributed by atoms with E-state index in [0.29, 0.717) is 0 Å². The summed E-state index contributed by atoms with van der Waals surface area (Å²) in [6.07, 6.45) is 3.56. The number of nitrogens with zero attached hydrogens (tertiary/aromatic N) is 4. The van der Waals surface area contributed by atoms with Gasteiger partial charge in [0.05, 0.1) is 44.8 Å². The summed E-state index contributed by atoms with van der Waals surface area (Å²) in [5.41, 5.74) is 7.70. The fraction of sp³-hybridized carbons (Fsp3) is 0. The monoisotopic (exact) mass is 384 g/mol. The average molecular weight is 384 g/mol. The zero-order valence-corrected chi connectivity index (χ0v) is 16.0. The maximum Gasteiger partial charge on any atom is 0.116 e. The lowest BCUT2D eigenvalue weighted by molar-refractivity contribution is 1.19. The normalized spacial score (nSPS) is 12.0. The summed E-state index contributed by atoms with van der Waals surface area (Å²) in [6, 6.07) is 30.1. The third kappa shape index (κ3) is 1.95. The molecule has 4 aromatic heterocycles. The van der Waals surface area contributed by atoms with Crippen molar-refractivity contribution in [3.63, 3.8) is 0 Å². The SMILES string of the molecule is c1ccc2c(c1)cc1c3cc4ccccc4n3c3cncnc3c3ccccc3n21. The fourth-order valence-corrected chi connectivity index (χ4v) is 4.77. The number of aromatic nitrogens is 4. The van der Waals surface area contributed by atoms with Crippen molar-refractivity contribution in [1.82, 2.24) is 18.8 Å². The average Bonchev–Trinajstić information content (AvgIpc) is 3.36. The second-order valence-corrected chi connectivity index (χ2v) is 7.62. The van der Waals surface area contributed by atoms with Crippen molar-refractivity contribution >= 4 is 54.8 Å². The molecule has 4 heterocycles. The number of para-hydroxylation sites is 3. The molecule has 4 heteroatoms. The Hall–Kier alpha value is -4.18. The quantitative estimate of drug-likeness (QED) is 0.314. The summed E-state index contributed by atoms with van der Waals surface area (Å²) < 4.78 is 4.66. The molecule has 0 aliphatic carbocycles. The maximum absolute atomic E-state index is 4.74. The van der Waals surface area contributed by atoms with Gasteiger partial charge in [-0.1, -0.05) is 54.6 Å². The van der Waals surface area contributed by atoms with Crippen LogP contribution in [0.4, 0.5) is 0 Å². The van der Waals surface area contributed by atoms with Gasteiger partial charge in [-0.3, -0.25) is 0 Å². The van der Waals surface area contributed by atoms with Gasteiger partial charge >= 0.3 is 0 Å². The molecule has 30 heavy (non-hydrogen) atoms. The highest BCUT2D eigenvalue weighted by Gasteiger charge is 2.14. The van der Waals surface area contributed by atoms with E-state index in [9.17, 15) is 0 Å². The van der Waals surface area contributed by atoms with Crippen LogP contribution in [-0.2, 0) is 0 Å². The molecule has 0 bridgehead atoms. The predicted molar refractivity (Wildman–Crippen MR) is 123 cm³/mol. The van der Waals surface area contributed by atoms with Gasteiger partial charge < -0.3 is 8.80 Å². The van der Waals surface area contributed by atoms with Gasteiger partial charge in [-0.05, 0) is 30.3 Å². The van der Waals surface area contributed by atoms with Crippen LogP contribution in [0, 0.1) is 0 Å². The van der Waals surface area contributed by atoms with Gasteiger partial charge in [0.2, 0.25) is 0 Å². The zero-order chi connectivity index (χ0) is 19.7. The molecule has 0 N–H and O–H groups in total. The summed E-state index contributed by atoms with van der Waals surface area (Å²) in [4.78, 5) is 9.13.